The molecule has 1 heterocycles. The fraction of sp³-hybridized carbons (Fsp3) is 0.375. The van der Waals surface area contributed by atoms with Gasteiger partial charge in [-0.2, -0.15) is 0 Å². The van der Waals surface area contributed by atoms with E-state index in [1.807, 2.05) is 32.0 Å². The van der Waals surface area contributed by atoms with E-state index in [2.05, 4.69) is 0 Å². The molecule has 0 amide bonds. The Bertz CT molecular complexity index is 983. The molecular formula is C24H27FO3. The average Bonchev–Trinajstić information content (AvgIpc) is 2.60. The molecule has 0 aromatic heterocycles. The van der Waals surface area contributed by atoms with Crippen LogP contribution in [0.4, 0.5) is 4.39 Å². The smallest absolute Gasteiger partial charge is 0.198 e. The highest BCUT2D eigenvalue weighted by Gasteiger charge is 2.47. The number of hydrogen-bond acceptors (Lipinski definition) is 3. The van der Waals surface area contributed by atoms with Gasteiger partial charge in [0.15, 0.2) is 5.78 Å². The highest BCUT2D eigenvalue weighted by molar-refractivity contribution is 6.26. The Morgan fingerprint density at radius 2 is 1.68 bits per heavy atom. The summed E-state index contributed by atoms with van der Waals surface area (Å²) in [5, 5.41) is 10.9. The quantitative estimate of drug-likeness (QED) is 0.731. The molecule has 0 fully saturated rings. The Kier molecular flexibility index (Phi) is 4.96. The van der Waals surface area contributed by atoms with Crippen molar-refractivity contribution >= 4 is 11.4 Å². The predicted octanol–water partition coefficient (Wildman–Crippen LogP) is 5.79. The van der Waals surface area contributed by atoms with Crippen LogP contribution in [0.15, 0.2) is 42.2 Å². The number of ether oxygens (including phenoxy) is 1. The van der Waals surface area contributed by atoms with E-state index < -0.39 is 11.2 Å². The molecule has 1 aliphatic heterocycles. The Morgan fingerprint density at radius 3 is 2.29 bits per heavy atom. The van der Waals surface area contributed by atoms with Crippen molar-refractivity contribution in [3.63, 3.8) is 0 Å². The van der Waals surface area contributed by atoms with Crippen molar-refractivity contribution in [2.45, 2.75) is 59.2 Å². The van der Waals surface area contributed by atoms with Gasteiger partial charge in [0.25, 0.3) is 0 Å². The lowest BCUT2D eigenvalue weighted by molar-refractivity contribution is -0.158. The van der Waals surface area contributed by atoms with Gasteiger partial charge in [0.05, 0.1) is 5.57 Å². The summed E-state index contributed by atoms with van der Waals surface area (Å²) in [4.78, 5) is 13.2. The summed E-state index contributed by atoms with van der Waals surface area (Å²) in [6.45, 7) is 10.7. The number of aryl methyl sites for hydroxylation is 2. The van der Waals surface area contributed by atoms with Crippen LogP contribution in [0.1, 0.15) is 51.3 Å². The first kappa shape index (κ1) is 20.3. The molecule has 0 saturated heterocycles. The Hall–Kier alpha value is -2.46. The number of aliphatic hydroxyl groups excluding tert-OH is 1. The van der Waals surface area contributed by atoms with Crippen molar-refractivity contribution in [3.8, 4) is 11.1 Å². The second-order valence-corrected chi connectivity index (χ2v) is 8.38. The summed E-state index contributed by atoms with van der Waals surface area (Å²) >= 11 is 0. The van der Waals surface area contributed by atoms with Crippen LogP contribution < -0.4 is 0 Å². The molecule has 3 rings (SSSR count). The Balaban J connectivity index is 2.27. The maximum atomic E-state index is 14.5. The van der Waals surface area contributed by atoms with Gasteiger partial charge in [-0.3, -0.25) is 4.79 Å². The summed E-state index contributed by atoms with van der Waals surface area (Å²) in [5.41, 5.74) is 1.71. The first-order valence-corrected chi connectivity index (χ1v) is 9.56. The Morgan fingerprint density at radius 1 is 1.00 bits per heavy atom. The van der Waals surface area contributed by atoms with Gasteiger partial charge in [-0.05, 0) is 75.4 Å². The highest BCUT2D eigenvalue weighted by atomic mass is 19.1. The molecule has 0 unspecified atom stereocenters. The lowest BCUT2D eigenvalue weighted by Crippen LogP contribution is -2.49. The third-order valence-corrected chi connectivity index (χ3v) is 5.29. The second kappa shape index (κ2) is 6.85. The molecule has 28 heavy (non-hydrogen) atoms. The maximum Gasteiger partial charge on any atom is 0.198 e. The Labute approximate surface area is 165 Å². The fourth-order valence-corrected chi connectivity index (χ4v) is 3.83. The van der Waals surface area contributed by atoms with Crippen LogP contribution in [-0.2, 0) is 16.0 Å². The van der Waals surface area contributed by atoms with Gasteiger partial charge in [0.2, 0.25) is 0 Å². The van der Waals surface area contributed by atoms with E-state index in [4.69, 9.17) is 4.74 Å². The third kappa shape index (κ3) is 3.37. The van der Waals surface area contributed by atoms with E-state index in [1.54, 1.807) is 39.8 Å². The fourth-order valence-electron chi connectivity index (χ4n) is 3.83. The van der Waals surface area contributed by atoms with Crippen LogP contribution in [0.2, 0.25) is 0 Å². The number of carbonyl (C=O) groups is 1. The van der Waals surface area contributed by atoms with Crippen LogP contribution in [0.5, 0.6) is 0 Å². The van der Waals surface area contributed by atoms with Gasteiger partial charge in [-0.1, -0.05) is 31.2 Å². The zero-order chi connectivity index (χ0) is 20.9. The van der Waals surface area contributed by atoms with E-state index in [1.165, 1.54) is 6.07 Å². The van der Waals surface area contributed by atoms with Crippen molar-refractivity contribution in [3.05, 3.63) is 64.7 Å². The van der Waals surface area contributed by atoms with Crippen molar-refractivity contribution < 1.29 is 19.0 Å². The van der Waals surface area contributed by atoms with Crippen LogP contribution >= 0.6 is 0 Å². The number of carbonyl (C=O) groups excluding carboxylic acids is 1. The van der Waals surface area contributed by atoms with Gasteiger partial charge < -0.3 is 9.84 Å². The maximum absolute atomic E-state index is 14.5. The van der Waals surface area contributed by atoms with Gasteiger partial charge in [-0.25, -0.2) is 4.39 Å². The molecule has 0 saturated carbocycles. The van der Waals surface area contributed by atoms with Crippen molar-refractivity contribution in [1.82, 2.24) is 0 Å². The number of ketones is 1. The molecule has 1 aliphatic rings. The van der Waals surface area contributed by atoms with Crippen LogP contribution in [0.25, 0.3) is 16.7 Å². The second-order valence-electron chi connectivity index (χ2n) is 8.38. The molecule has 0 bridgehead atoms. The first-order chi connectivity index (χ1) is 13.0. The minimum absolute atomic E-state index is 0.0898. The van der Waals surface area contributed by atoms with Crippen molar-refractivity contribution in [2.24, 2.45) is 0 Å². The molecule has 1 N–H and O–H groups in total. The van der Waals surface area contributed by atoms with E-state index in [9.17, 15) is 14.3 Å². The zero-order valence-corrected chi connectivity index (χ0v) is 17.3. The summed E-state index contributed by atoms with van der Waals surface area (Å²) in [6, 6.07) is 10.6. The van der Waals surface area contributed by atoms with E-state index in [-0.39, 0.29) is 22.9 Å². The average molecular weight is 382 g/mol. The highest BCUT2D eigenvalue weighted by Crippen LogP contribution is 2.41. The van der Waals surface area contributed by atoms with Crippen molar-refractivity contribution in [1.29, 1.82) is 0 Å². The molecule has 3 nitrogen and oxygen atoms in total. The van der Waals surface area contributed by atoms with Gasteiger partial charge in [0, 0.05) is 5.56 Å². The number of halogens is 1. The third-order valence-electron chi connectivity index (χ3n) is 5.29. The molecule has 0 atom stereocenters. The van der Waals surface area contributed by atoms with Crippen LogP contribution in [0.3, 0.4) is 0 Å². The van der Waals surface area contributed by atoms with Crippen LogP contribution in [-0.4, -0.2) is 22.1 Å². The lowest BCUT2D eigenvalue weighted by Gasteiger charge is -2.40. The van der Waals surface area contributed by atoms with Gasteiger partial charge in [-0.15, -0.1) is 0 Å². The minimum atomic E-state index is -1.07. The SMILES string of the molecule is CCc1ccc(-c2ccc(C)cc2F)cc1C1=C(O)C(C)(C)OC(C)(C)C1=O. The largest absolute Gasteiger partial charge is 0.508 e. The minimum Gasteiger partial charge on any atom is -0.508 e. The van der Waals surface area contributed by atoms with Gasteiger partial charge in [0.1, 0.15) is 22.8 Å². The zero-order valence-electron chi connectivity index (χ0n) is 17.3. The van der Waals surface area contributed by atoms with Crippen LogP contribution in [0, 0.1) is 12.7 Å². The number of hydrogen-bond donors (Lipinski definition) is 1. The topological polar surface area (TPSA) is 46.5 Å². The summed E-state index contributed by atoms with van der Waals surface area (Å²) < 4.78 is 20.4. The predicted molar refractivity (Wildman–Crippen MR) is 110 cm³/mol. The van der Waals surface area contributed by atoms with Gasteiger partial charge >= 0.3 is 0 Å². The molecule has 2 aromatic rings. The van der Waals surface area contributed by atoms with E-state index >= 15 is 0 Å². The molecule has 0 spiro atoms. The molecule has 0 aliphatic carbocycles. The summed E-state index contributed by atoms with van der Waals surface area (Å²) in [6.07, 6.45) is 0.678. The summed E-state index contributed by atoms with van der Waals surface area (Å²) in [5.74, 6) is -0.680. The monoisotopic (exact) mass is 382 g/mol. The molecule has 0 radical (unpaired) electrons. The number of benzene rings is 2. The van der Waals surface area contributed by atoms with Crippen molar-refractivity contribution in [2.75, 3.05) is 0 Å². The number of rotatable bonds is 3. The van der Waals surface area contributed by atoms with E-state index in [0.717, 1.165) is 11.1 Å². The normalized spacial score (nSPS) is 18.5. The molecular weight excluding hydrogens is 355 g/mol. The number of Topliss-reactive ketones (excluding diaryl/α,β-unsaturated/α-hetero) is 1. The standard InChI is InChI=1S/C24H27FO3/c1-7-15-9-10-16(17-11-8-14(2)12-19(17)25)13-18(15)20-21(26)23(3,4)28-24(5,6)22(20)27/h8-13,26H,7H2,1-6H3. The lowest BCUT2D eigenvalue weighted by atomic mass is 9.80. The summed E-state index contributed by atoms with van der Waals surface area (Å²) in [7, 11) is 0. The molecule has 148 valence electrons. The molecule has 2 aromatic carbocycles. The molecule has 4 heteroatoms. The number of aliphatic hydroxyl groups is 1. The first-order valence-electron chi connectivity index (χ1n) is 9.56. The van der Waals surface area contributed by atoms with E-state index in [0.29, 0.717) is 23.1 Å².